The number of rotatable bonds is 6. The Morgan fingerprint density at radius 1 is 1.08 bits per heavy atom. The lowest BCUT2D eigenvalue weighted by atomic mass is 10.1. The fraction of sp³-hybridized carbons (Fsp3) is 0.308. The molecule has 1 aliphatic rings. The summed E-state index contributed by atoms with van der Waals surface area (Å²) in [5.74, 6) is -0.727. The topological polar surface area (TPSA) is 104 Å². The average Bonchev–Trinajstić information content (AvgIpc) is 3.57. The molecular weight excluding hydrogens is 498 g/mol. The number of benzene rings is 1. The second-order valence-electron chi connectivity index (χ2n) is 9.00. The van der Waals surface area contributed by atoms with Gasteiger partial charge in [0.2, 0.25) is 0 Å². The zero-order valence-electron chi connectivity index (χ0n) is 20.8. The maximum atomic E-state index is 13.7. The van der Waals surface area contributed by atoms with Crippen molar-refractivity contribution in [1.29, 1.82) is 0 Å². The molecule has 1 aromatic carbocycles. The molecule has 194 valence electrons. The summed E-state index contributed by atoms with van der Waals surface area (Å²) in [6.07, 6.45) is 9.55. The average molecular weight is 527 g/mol. The first kappa shape index (κ1) is 26.5. The van der Waals surface area contributed by atoms with Crippen molar-refractivity contribution < 1.29 is 17.8 Å². The van der Waals surface area contributed by atoms with Gasteiger partial charge in [0.05, 0.1) is 11.3 Å². The van der Waals surface area contributed by atoms with Crippen molar-refractivity contribution in [2.45, 2.75) is 39.5 Å². The van der Waals surface area contributed by atoms with E-state index in [0.717, 1.165) is 53.0 Å². The van der Waals surface area contributed by atoms with E-state index in [9.17, 15) is 17.8 Å². The Kier molecular flexibility index (Phi) is 8.34. The molecule has 1 aliphatic heterocycles. The third kappa shape index (κ3) is 6.05. The lowest BCUT2D eigenvalue weighted by molar-refractivity contribution is 0.111. The molecule has 0 bridgehead atoms. The van der Waals surface area contributed by atoms with Crippen LogP contribution in [0.5, 0.6) is 0 Å². The maximum Gasteiger partial charge on any atom is 0.196 e. The number of nitrogens with one attached hydrogen (secondary N) is 2. The van der Waals surface area contributed by atoms with E-state index in [0.29, 0.717) is 19.0 Å². The van der Waals surface area contributed by atoms with E-state index in [2.05, 4.69) is 51.5 Å². The number of halogens is 2. The van der Waals surface area contributed by atoms with Gasteiger partial charge in [0, 0.05) is 60.3 Å². The predicted octanol–water partition coefficient (Wildman–Crippen LogP) is 5.32. The highest BCUT2D eigenvalue weighted by Crippen LogP contribution is 2.24. The molecule has 2 N–H and O–H groups in total. The monoisotopic (exact) mass is 526 g/mol. The van der Waals surface area contributed by atoms with Crippen molar-refractivity contribution in [3.8, 4) is 11.1 Å². The van der Waals surface area contributed by atoms with Crippen LogP contribution in [0, 0.1) is 18.6 Å². The van der Waals surface area contributed by atoms with E-state index in [1.807, 2.05) is 24.8 Å². The Bertz CT molecular complexity index is 1420. The van der Waals surface area contributed by atoms with Crippen LogP contribution in [0.25, 0.3) is 22.2 Å². The van der Waals surface area contributed by atoms with Crippen LogP contribution < -0.4 is 4.72 Å². The van der Waals surface area contributed by atoms with E-state index >= 15 is 0 Å². The van der Waals surface area contributed by atoms with Gasteiger partial charge in [-0.1, -0.05) is 13.8 Å². The maximum absolute atomic E-state index is 13.7. The van der Waals surface area contributed by atoms with Crippen LogP contribution in [0.2, 0.25) is 0 Å². The summed E-state index contributed by atoms with van der Waals surface area (Å²) < 4.78 is 42.7. The summed E-state index contributed by atoms with van der Waals surface area (Å²) in [6, 6.07) is 4.23. The fourth-order valence-electron chi connectivity index (χ4n) is 3.85. The number of anilines is 1. The van der Waals surface area contributed by atoms with Crippen LogP contribution in [0.3, 0.4) is 0 Å². The molecule has 1 unspecified atom stereocenters. The van der Waals surface area contributed by atoms with Gasteiger partial charge in [-0.05, 0) is 43.5 Å². The van der Waals surface area contributed by atoms with Gasteiger partial charge in [0.15, 0.2) is 23.3 Å². The normalized spacial score (nSPS) is 14.4. The second-order valence-corrected chi connectivity index (χ2v) is 10.2. The van der Waals surface area contributed by atoms with Crippen LogP contribution in [0.4, 0.5) is 14.5 Å². The summed E-state index contributed by atoms with van der Waals surface area (Å²) in [4.78, 5) is 26.9. The number of pyridine rings is 1. The molecule has 1 fully saturated rings. The smallest absolute Gasteiger partial charge is 0.196 e. The van der Waals surface area contributed by atoms with Crippen LogP contribution in [-0.2, 0) is 11.2 Å². The summed E-state index contributed by atoms with van der Waals surface area (Å²) in [5, 5.41) is 1.14. The number of hydrogen-bond donors (Lipinski definition) is 2. The van der Waals surface area contributed by atoms with Gasteiger partial charge in [-0.25, -0.2) is 32.2 Å². The standard InChI is InChI=1S/C15H16N4.C11H12F2N2O2S/c1-9(2)14-17-7-12(8-18-14)11-4-13-10(3)5-16-15(13)19-6-11;12-9-3-4-10(11(13)8(9)7-16)14-18(17)15-5-1-2-6-15/h4-9H,1-3H3,(H,16,19);3-4,7,14H,1-2,5-6H2. The second kappa shape index (κ2) is 11.7. The van der Waals surface area contributed by atoms with E-state index in [4.69, 9.17) is 0 Å². The van der Waals surface area contributed by atoms with Gasteiger partial charge in [-0.2, -0.15) is 0 Å². The van der Waals surface area contributed by atoms with E-state index < -0.39 is 28.4 Å². The van der Waals surface area contributed by atoms with Gasteiger partial charge in [0.25, 0.3) is 0 Å². The summed E-state index contributed by atoms with van der Waals surface area (Å²) in [6.45, 7) is 7.59. The SMILES string of the molecule is Cc1c[nH]c2ncc(-c3cnc(C(C)C)nc3)cc12.O=Cc1c(F)ccc(NS(=O)N2CCCC2)c1F. The lowest BCUT2D eigenvalue weighted by Crippen LogP contribution is -2.27. The Hall–Kier alpha value is -3.57. The molecule has 5 rings (SSSR count). The number of aldehydes is 1. The van der Waals surface area contributed by atoms with Crippen molar-refractivity contribution in [2.24, 2.45) is 0 Å². The molecule has 8 nitrogen and oxygen atoms in total. The molecule has 4 heterocycles. The molecule has 0 amide bonds. The first-order valence-electron chi connectivity index (χ1n) is 11.9. The molecule has 0 saturated carbocycles. The minimum Gasteiger partial charge on any atom is -0.346 e. The first-order chi connectivity index (χ1) is 17.8. The number of aromatic amines is 1. The Morgan fingerprint density at radius 3 is 2.41 bits per heavy atom. The third-order valence-corrected chi connectivity index (χ3v) is 7.23. The quantitative estimate of drug-likeness (QED) is 0.331. The number of fused-ring (bicyclic) bond motifs is 1. The Labute approximate surface area is 216 Å². The van der Waals surface area contributed by atoms with Gasteiger partial charge in [-0.15, -0.1) is 0 Å². The van der Waals surface area contributed by atoms with Crippen LogP contribution in [-0.4, -0.2) is 47.8 Å². The van der Waals surface area contributed by atoms with E-state index in [1.165, 1.54) is 5.56 Å². The molecule has 4 aromatic rings. The number of carbonyl (C=O) groups is 1. The number of hydrogen-bond acceptors (Lipinski definition) is 5. The van der Waals surface area contributed by atoms with Crippen LogP contribution in [0.1, 0.15) is 54.4 Å². The van der Waals surface area contributed by atoms with Gasteiger partial charge >= 0.3 is 0 Å². The zero-order valence-corrected chi connectivity index (χ0v) is 21.6. The lowest BCUT2D eigenvalue weighted by Gasteiger charge is -2.15. The van der Waals surface area contributed by atoms with Gasteiger partial charge < -0.3 is 4.98 Å². The van der Waals surface area contributed by atoms with Crippen molar-refractivity contribution in [2.75, 3.05) is 17.8 Å². The van der Waals surface area contributed by atoms with Gasteiger partial charge in [0.1, 0.15) is 17.3 Å². The van der Waals surface area contributed by atoms with Crippen molar-refractivity contribution >= 4 is 34.2 Å². The van der Waals surface area contributed by atoms with Crippen molar-refractivity contribution in [3.05, 3.63) is 71.6 Å². The minimum atomic E-state index is -1.57. The molecular formula is C26H28F2N6O2S. The number of nitrogens with zero attached hydrogens (tertiary/aromatic N) is 4. The highest BCUT2D eigenvalue weighted by molar-refractivity contribution is 7.84. The van der Waals surface area contributed by atoms with Gasteiger partial charge in [-0.3, -0.25) is 9.52 Å². The van der Waals surface area contributed by atoms with Crippen LogP contribution in [0.15, 0.2) is 43.0 Å². The molecule has 0 spiro atoms. The highest BCUT2D eigenvalue weighted by atomic mass is 32.2. The largest absolute Gasteiger partial charge is 0.346 e. The molecule has 11 heteroatoms. The fourth-order valence-corrected chi connectivity index (χ4v) is 4.91. The van der Waals surface area contributed by atoms with Crippen molar-refractivity contribution in [3.63, 3.8) is 0 Å². The number of aromatic nitrogens is 4. The number of aryl methyl sites for hydroxylation is 1. The Balaban J connectivity index is 0.000000173. The first-order valence-corrected chi connectivity index (χ1v) is 13.0. The number of carbonyl (C=O) groups excluding carboxylic acids is 1. The molecule has 37 heavy (non-hydrogen) atoms. The number of H-pyrrole nitrogens is 1. The minimum absolute atomic E-state index is 0.106. The van der Waals surface area contributed by atoms with E-state index in [1.54, 1.807) is 4.31 Å². The summed E-state index contributed by atoms with van der Waals surface area (Å²) in [7, 11) is 0. The molecule has 3 aromatic heterocycles. The summed E-state index contributed by atoms with van der Waals surface area (Å²) >= 11 is -1.57. The Morgan fingerprint density at radius 2 is 1.76 bits per heavy atom. The van der Waals surface area contributed by atoms with Crippen molar-refractivity contribution in [1.82, 2.24) is 24.2 Å². The van der Waals surface area contributed by atoms with Crippen LogP contribution >= 0.6 is 0 Å². The van der Waals surface area contributed by atoms with E-state index in [-0.39, 0.29) is 12.0 Å². The zero-order chi connectivity index (χ0) is 26.5. The third-order valence-electron chi connectivity index (χ3n) is 6.00. The summed E-state index contributed by atoms with van der Waals surface area (Å²) in [5.41, 5.74) is 3.37. The molecule has 0 radical (unpaired) electrons. The molecule has 1 saturated heterocycles. The molecule has 1 atom stereocenters. The molecule has 0 aliphatic carbocycles. The highest BCUT2D eigenvalue weighted by Gasteiger charge is 2.20. The predicted molar refractivity (Wildman–Crippen MR) is 140 cm³/mol.